The normalized spacial score (nSPS) is 21.3. The van der Waals surface area contributed by atoms with E-state index in [4.69, 9.17) is 4.74 Å². The molecule has 19 heavy (non-hydrogen) atoms. The van der Waals surface area contributed by atoms with E-state index in [1.54, 1.807) is 0 Å². The molecular weight excluding hydrogens is 236 g/mol. The van der Waals surface area contributed by atoms with Crippen molar-refractivity contribution in [1.82, 2.24) is 0 Å². The molecule has 2 aliphatic carbocycles. The highest BCUT2D eigenvalue weighted by molar-refractivity contribution is 6.01. The molecule has 1 aromatic carbocycles. The van der Waals surface area contributed by atoms with Gasteiger partial charge < -0.3 is 4.74 Å². The van der Waals surface area contributed by atoms with Crippen molar-refractivity contribution in [1.29, 1.82) is 0 Å². The van der Waals surface area contributed by atoms with Crippen molar-refractivity contribution in [2.75, 3.05) is 0 Å². The minimum atomic E-state index is -0.0990. The zero-order valence-electron chi connectivity index (χ0n) is 11.7. The Hall–Kier alpha value is -1.31. The summed E-state index contributed by atoms with van der Waals surface area (Å²) in [6.07, 6.45) is 8.13. The number of rotatable bonds is 5. The molecule has 0 spiro atoms. The second-order valence-electron chi connectivity index (χ2n) is 6.02. The van der Waals surface area contributed by atoms with Gasteiger partial charge in [0.1, 0.15) is 5.75 Å². The van der Waals surface area contributed by atoms with Crippen LogP contribution in [-0.4, -0.2) is 11.9 Å². The first-order valence-corrected chi connectivity index (χ1v) is 7.55. The van der Waals surface area contributed by atoms with Crippen LogP contribution < -0.4 is 4.74 Å². The zero-order chi connectivity index (χ0) is 13.3. The minimum absolute atomic E-state index is 0.0990. The Bertz CT molecular complexity index is 468. The fraction of sp³-hybridized carbons (Fsp3) is 0.588. The first-order chi connectivity index (χ1) is 9.23. The molecule has 0 amide bonds. The molecule has 0 radical (unpaired) electrons. The fourth-order valence-corrected chi connectivity index (χ4v) is 3.19. The molecule has 2 saturated carbocycles. The average molecular weight is 258 g/mol. The van der Waals surface area contributed by atoms with Crippen LogP contribution in [0.2, 0.25) is 0 Å². The molecule has 2 aliphatic rings. The molecule has 0 saturated heterocycles. The van der Waals surface area contributed by atoms with Gasteiger partial charge in [0.2, 0.25) is 0 Å². The Kier molecular flexibility index (Phi) is 3.34. The molecule has 0 heterocycles. The zero-order valence-corrected chi connectivity index (χ0v) is 11.7. The van der Waals surface area contributed by atoms with Gasteiger partial charge in [-0.05, 0) is 44.2 Å². The van der Waals surface area contributed by atoms with Crippen molar-refractivity contribution in [3.05, 3.63) is 29.8 Å². The minimum Gasteiger partial charge on any atom is -0.490 e. The van der Waals surface area contributed by atoms with E-state index in [1.807, 2.05) is 24.3 Å². The van der Waals surface area contributed by atoms with Gasteiger partial charge in [0.05, 0.1) is 6.10 Å². The Morgan fingerprint density at radius 3 is 2.68 bits per heavy atom. The lowest BCUT2D eigenvalue weighted by Crippen LogP contribution is -2.27. The van der Waals surface area contributed by atoms with E-state index in [2.05, 4.69) is 6.92 Å². The average Bonchev–Trinajstić information content (AvgIpc) is 3.12. The quantitative estimate of drug-likeness (QED) is 0.732. The third-order valence-electron chi connectivity index (χ3n) is 4.64. The highest BCUT2D eigenvalue weighted by Gasteiger charge is 2.39. The maximum Gasteiger partial charge on any atom is 0.169 e. The number of hydrogen-bond donors (Lipinski definition) is 0. The smallest absolute Gasteiger partial charge is 0.169 e. The number of hydrogen-bond acceptors (Lipinski definition) is 2. The van der Waals surface area contributed by atoms with E-state index >= 15 is 0 Å². The summed E-state index contributed by atoms with van der Waals surface area (Å²) in [4.78, 5) is 12.8. The van der Waals surface area contributed by atoms with Crippen LogP contribution in [0.15, 0.2) is 24.3 Å². The summed E-state index contributed by atoms with van der Waals surface area (Å²) >= 11 is 0. The predicted octanol–water partition coefficient (Wildman–Crippen LogP) is 4.38. The second-order valence-corrected chi connectivity index (χ2v) is 6.02. The van der Waals surface area contributed by atoms with Gasteiger partial charge in [-0.2, -0.15) is 0 Å². The summed E-state index contributed by atoms with van der Waals surface area (Å²) in [6.45, 7) is 2.15. The summed E-state index contributed by atoms with van der Waals surface area (Å²) < 4.78 is 5.79. The standard InChI is InChI=1S/C17H22O2/c1-2-17(10-3-4-11-17)16(18)13-6-5-7-15(12-13)19-14-8-9-14/h5-7,12,14H,2-4,8-11H2,1H3. The summed E-state index contributed by atoms with van der Waals surface area (Å²) in [6, 6.07) is 7.79. The molecule has 0 aliphatic heterocycles. The Labute approximate surface area is 115 Å². The van der Waals surface area contributed by atoms with E-state index in [0.717, 1.165) is 43.4 Å². The summed E-state index contributed by atoms with van der Waals surface area (Å²) in [5, 5.41) is 0. The molecule has 102 valence electrons. The number of ether oxygens (including phenoxy) is 1. The lowest BCUT2D eigenvalue weighted by atomic mass is 9.76. The van der Waals surface area contributed by atoms with Gasteiger partial charge in [0, 0.05) is 11.0 Å². The van der Waals surface area contributed by atoms with E-state index in [9.17, 15) is 4.79 Å². The maximum absolute atomic E-state index is 12.8. The molecule has 2 fully saturated rings. The molecule has 3 rings (SSSR count). The number of ketones is 1. The predicted molar refractivity (Wildman–Crippen MR) is 75.6 cm³/mol. The van der Waals surface area contributed by atoms with Crippen LogP contribution in [0.1, 0.15) is 62.2 Å². The lowest BCUT2D eigenvalue weighted by Gasteiger charge is -2.25. The molecule has 0 unspecified atom stereocenters. The Balaban J connectivity index is 1.81. The molecule has 2 nitrogen and oxygen atoms in total. The van der Waals surface area contributed by atoms with Crippen molar-refractivity contribution < 1.29 is 9.53 Å². The van der Waals surface area contributed by atoms with E-state index < -0.39 is 0 Å². The highest BCUT2D eigenvalue weighted by Crippen LogP contribution is 2.43. The van der Waals surface area contributed by atoms with Gasteiger partial charge in [0.15, 0.2) is 5.78 Å². The molecule has 0 atom stereocenters. The molecule has 1 aromatic rings. The van der Waals surface area contributed by atoms with Gasteiger partial charge in [0.25, 0.3) is 0 Å². The van der Waals surface area contributed by atoms with Crippen LogP contribution in [0.25, 0.3) is 0 Å². The van der Waals surface area contributed by atoms with E-state index in [-0.39, 0.29) is 5.41 Å². The number of Topliss-reactive ketones (excluding diaryl/α,β-unsaturated/α-hetero) is 1. The van der Waals surface area contributed by atoms with Crippen LogP contribution in [0, 0.1) is 5.41 Å². The van der Waals surface area contributed by atoms with Gasteiger partial charge >= 0.3 is 0 Å². The van der Waals surface area contributed by atoms with Crippen molar-refractivity contribution in [3.63, 3.8) is 0 Å². The van der Waals surface area contributed by atoms with Crippen LogP contribution in [-0.2, 0) is 0 Å². The lowest BCUT2D eigenvalue weighted by molar-refractivity contribution is 0.0791. The van der Waals surface area contributed by atoms with Gasteiger partial charge in [-0.25, -0.2) is 0 Å². The highest BCUT2D eigenvalue weighted by atomic mass is 16.5. The number of benzene rings is 1. The monoisotopic (exact) mass is 258 g/mol. The van der Waals surface area contributed by atoms with Crippen LogP contribution in [0.3, 0.4) is 0 Å². The molecule has 0 aromatic heterocycles. The van der Waals surface area contributed by atoms with E-state index in [0.29, 0.717) is 11.9 Å². The van der Waals surface area contributed by atoms with Gasteiger partial charge in [-0.15, -0.1) is 0 Å². The Morgan fingerprint density at radius 2 is 2.05 bits per heavy atom. The van der Waals surface area contributed by atoms with Crippen molar-refractivity contribution in [2.24, 2.45) is 5.41 Å². The Morgan fingerprint density at radius 1 is 1.32 bits per heavy atom. The second kappa shape index (κ2) is 4.99. The largest absolute Gasteiger partial charge is 0.490 e. The summed E-state index contributed by atoms with van der Waals surface area (Å²) in [5.74, 6) is 1.19. The molecule has 0 N–H and O–H groups in total. The van der Waals surface area contributed by atoms with Crippen LogP contribution >= 0.6 is 0 Å². The van der Waals surface area contributed by atoms with Crippen LogP contribution in [0.4, 0.5) is 0 Å². The molecule has 2 heteroatoms. The van der Waals surface area contributed by atoms with Gasteiger partial charge in [-0.1, -0.05) is 31.9 Å². The van der Waals surface area contributed by atoms with Crippen molar-refractivity contribution in [2.45, 2.75) is 58.0 Å². The van der Waals surface area contributed by atoms with Crippen LogP contribution in [0.5, 0.6) is 5.75 Å². The number of carbonyl (C=O) groups excluding carboxylic acids is 1. The van der Waals surface area contributed by atoms with Crippen molar-refractivity contribution >= 4 is 5.78 Å². The molecular formula is C17H22O2. The molecule has 0 bridgehead atoms. The fourth-order valence-electron chi connectivity index (χ4n) is 3.19. The summed E-state index contributed by atoms with van der Waals surface area (Å²) in [7, 11) is 0. The van der Waals surface area contributed by atoms with Gasteiger partial charge in [-0.3, -0.25) is 4.79 Å². The summed E-state index contributed by atoms with van der Waals surface area (Å²) in [5.41, 5.74) is 0.736. The third kappa shape index (κ3) is 2.54. The first-order valence-electron chi connectivity index (χ1n) is 7.55. The topological polar surface area (TPSA) is 26.3 Å². The van der Waals surface area contributed by atoms with Crippen molar-refractivity contribution in [3.8, 4) is 5.75 Å². The third-order valence-corrected chi connectivity index (χ3v) is 4.64. The SMILES string of the molecule is CCC1(C(=O)c2cccc(OC3CC3)c2)CCCC1. The first kappa shape index (κ1) is 12.7. The van der Waals surface area contributed by atoms with E-state index in [1.165, 1.54) is 12.8 Å². The number of carbonyl (C=O) groups is 1. The maximum atomic E-state index is 12.8.